The van der Waals surface area contributed by atoms with Crippen molar-refractivity contribution in [2.45, 2.75) is 94.8 Å². The van der Waals surface area contributed by atoms with Crippen molar-refractivity contribution < 1.29 is 37.1 Å². The summed E-state index contributed by atoms with van der Waals surface area (Å²) < 4.78 is 37.8. The standard InChI is InChI=1S/C43H52ClN5O8S/c1-6-28-25-43(28,40(53)49(58(54)55)42(44)17-18-42)46-38(51)35-22-30(26-48(35)39(52)32(41(2,3)4)23-37(50)47-19-11-8-12-20-47)57-36-24-33(27-13-9-7-10-14-27)45-34-21-29(56-5)15-16-31(34)36/h6-7,9-10,13-16,21,24,28,30,32,35,58H,1,8,11-12,17-20,22-23,25-26H2,2-5H3,(H,46,51)/t28-,30-,32-,35+,43-/m1/s1. The van der Waals surface area contributed by atoms with Crippen molar-refractivity contribution in [1.82, 2.24) is 24.4 Å². The van der Waals surface area contributed by atoms with Crippen molar-refractivity contribution in [2.24, 2.45) is 17.3 Å². The Morgan fingerprint density at radius 1 is 1.07 bits per heavy atom. The van der Waals surface area contributed by atoms with Crippen LogP contribution in [0.3, 0.4) is 0 Å². The Morgan fingerprint density at radius 3 is 2.38 bits per heavy atom. The molecule has 5 atom stereocenters. The van der Waals surface area contributed by atoms with Crippen LogP contribution in [0.4, 0.5) is 0 Å². The molecule has 0 radical (unpaired) electrons. The van der Waals surface area contributed by atoms with Crippen LogP contribution >= 0.6 is 11.6 Å². The van der Waals surface area contributed by atoms with Crippen LogP contribution in [0.1, 0.15) is 72.1 Å². The van der Waals surface area contributed by atoms with Gasteiger partial charge in [0.1, 0.15) is 34.2 Å². The van der Waals surface area contributed by atoms with Gasteiger partial charge in [-0.25, -0.2) is 17.7 Å². The predicted octanol–water partition coefficient (Wildman–Crippen LogP) is 5.47. The van der Waals surface area contributed by atoms with Crippen LogP contribution in [0.2, 0.25) is 0 Å². The van der Waals surface area contributed by atoms with Gasteiger partial charge in [0.25, 0.3) is 5.91 Å². The van der Waals surface area contributed by atoms with Crippen molar-refractivity contribution in [3.05, 3.63) is 67.3 Å². The maximum Gasteiger partial charge on any atom is 0.263 e. The lowest BCUT2D eigenvalue weighted by Crippen LogP contribution is -2.58. The van der Waals surface area contributed by atoms with Crippen LogP contribution in [0.25, 0.3) is 22.2 Å². The SMILES string of the molecule is C=C[C@@H]1C[C@]1(NC(=O)[C@@H]1C[C@@H](Oc2cc(-c3ccccc3)nc3cc(OC)ccc23)CN1C(=O)[C@@H](CC(=O)N1CCCCC1)C(C)(C)C)C(=O)N([SH](=O)=O)C1(Cl)CC1. The molecule has 7 rings (SSSR count). The zero-order chi connectivity index (χ0) is 41.6. The Bertz CT molecular complexity index is 2180. The maximum atomic E-state index is 14.9. The lowest BCUT2D eigenvalue weighted by molar-refractivity contribution is -0.149. The number of likely N-dealkylation sites (tertiary alicyclic amines) is 2. The van der Waals surface area contributed by atoms with Crippen LogP contribution in [0, 0.1) is 17.3 Å². The molecule has 4 fully saturated rings. The van der Waals surface area contributed by atoms with Gasteiger partial charge in [0.2, 0.25) is 28.6 Å². The molecule has 2 saturated carbocycles. The van der Waals surface area contributed by atoms with E-state index in [9.17, 15) is 27.6 Å². The molecule has 2 aliphatic carbocycles. The van der Waals surface area contributed by atoms with Crippen molar-refractivity contribution >= 4 is 57.0 Å². The fourth-order valence-corrected chi connectivity index (χ4v) is 9.52. The minimum absolute atomic E-state index is 0.0111. The minimum Gasteiger partial charge on any atom is -0.497 e. The number of aromatic nitrogens is 1. The van der Waals surface area contributed by atoms with E-state index >= 15 is 0 Å². The smallest absolute Gasteiger partial charge is 0.263 e. The van der Waals surface area contributed by atoms with Crippen molar-refractivity contribution in [3.8, 4) is 22.8 Å². The Morgan fingerprint density at radius 2 is 1.78 bits per heavy atom. The lowest BCUT2D eigenvalue weighted by Gasteiger charge is -2.36. The number of hydrogen-bond donors (Lipinski definition) is 2. The zero-order valence-corrected chi connectivity index (χ0v) is 35.1. The molecule has 4 aliphatic rings. The highest BCUT2D eigenvalue weighted by Gasteiger charge is 2.66. The summed E-state index contributed by atoms with van der Waals surface area (Å²) in [5.74, 6) is -2.18. The second kappa shape index (κ2) is 16.2. The molecule has 58 heavy (non-hydrogen) atoms. The minimum atomic E-state index is -3.41. The third-order valence-electron chi connectivity index (χ3n) is 12.0. The molecule has 13 nitrogen and oxygen atoms in total. The number of alkyl halides is 1. The molecule has 2 aromatic carbocycles. The quantitative estimate of drug-likeness (QED) is 0.0988. The van der Waals surface area contributed by atoms with Gasteiger partial charge in [0.05, 0.1) is 30.8 Å². The molecule has 4 amide bonds. The number of nitrogens with one attached hydrogen (secondary N) is 1. The molecule has 1 N–H and O–H groups in total. The molecular formula is C43H52ClN5O8S. The maximum absolute atomic E-state index is 14.9. The molecule has 310 valence electrons. The van der Waals surface area contributed by atoms with Crippen LogP contribution in [-0.2, 0) is 30.1 Å². The van der Waals surface area contributed by atoms with Gasteiger partial charge in [-0.05, 0) is 56.1 Å². The highest BCUT2D eigenvalue weighted by molar-refractivity contribution is 7.70. The Hall–Kier alpha value is -4.69. The van der Waals surface area contributed by atoms with Crippen molar-refractivity contribution in [1.29, 1.82) is 0 Å². The zero-order valence-electron chi connectivity index (χ0n) is 33.4. The molecule has 3 aromatic rings. The highest BCUT2D eigenvalue weighted by Crippen LogP contribution is 2.52. The number of piperidine rings is 1. The number of rotatable bonds is 13. The number of pyridine rings is 1. The monoisotopic (exact) mass is 833 g/mol. The average Bonchev–Trinajstić information content (AvgIpc) is 4.08. The van der Waals surface area contributed by atoms with Crippen molar-refractivity contribution in [2.75, 3.05) is 26.7 Å². The first kappa shape index (κ1) is 41.5. The largest absolute Gasteiger partial charge is 0.497 e. The molecule has 15 heteroatoms. The van der Waals surface area contributed by atoms with E-state index in [4.69, 9.17) is 26.1 Å². The number of ether oxygens (including phenoxy) is 2. The number of thiol groups is 1. The molecule has 0 bridgehead atoms. The Balaban J connectivity index is 1.23. The first-order valence-corrected chi connectivity index (χ1v) is 21.5. The van der Waals surface area contributed by atoms with E-state index in [1.54, 1.807) is 13.2 Å². The molecule has 0 unspecified atom stereocenters. The van der Waals surface area contributed by atoms with Gasteiger partial charge >= 0.3 is 0 Å². The number of benzene rings is 2. The highest BCUT2D eigenvalue weighted by atomic mass is 35.5. The lowest BCUT2D eigenvalue weighted by atomic mass is 9.77. The molecule has 2 aliphatic heterocycles. The summed E-state index contributed by atoms with van der Waals surface area (Å²) in [6.07, 6.45) is 4.43. The van der Waals surface area contributed by atoms with Gasteiger partial charge in [-0.3, -0.25) is 19.2 Å². The summed E-state index contributed by atoms with van der Waals surface area (Å²) >= 11 is 6.50. The second-order valence-electron chi connectivity index (χ2n) is 17.1. The number of nitrogens with zero attached hydrogens (tertiary/aromatic N) is 4. The van der Waals surface area contributed by atoms with Gasteiger partial charge in [-0.15, -0.1) is 6.58 Å². The van der Waals surface area contributed by atoms with E-state index in [2.05, 4.69) is 11.9 Å². The van der Waals surface area contributed by atoms with Crippen LogP contribution < -0.4 is 14.8 Å². The summed E-state index contributed by atoms with van der Waals surface area (Å²) in [6.45, 7) is 10.8. The van der Waals surface area contributed by atoms with Gasteiger partial charge in [-0.2, -0.15) is 0 Å². The summed E-state index contributed by atoms with van der Waals surface area (Å²) in [5, 5.41) is 3.58. The van der Waals surface area contributed by atoms with E-state index < -0.39 is 62.6 Å². The Labute approximate surface area is 346 Å². The fraction of sp³-hybridized carbons (Fsp3) is 0.512. The van der Waals surface area contributed by atoms with E-state index in [-0.39, 0.29) is 37.6 Å². The number of carbonyl (C=O) groups is 4. The normalized spacial score (nSPS) is 24.2. The van der Waals surface area contributed by atoms with Crippen LogP contribution in [0.15, 0.2) is 67.3 Å². The van der Waals surface area contributed by atoms with Crippen LogP contribution in [-0.4, -0.2) is 101 Å². The van der Waals surface area contributed by atoms with Crippen molar-refractivity contribution in [3.63, 3.8) is 0 Å². The van der Waals surface area contributed by atoms with E-state index in [0.717, 1.165) is 24.8 Å². The summed E-state index contributed by atoms with van der Waals surface area (Å²) in [4.78, 5) is 64.1. The number of fused-ring (bicyclic) bond motifs is 1. The number of hydrogen-bond acceptors (Lipinski definition) is 9. The molecule has 3 heterocycles. The first-order valence-electron chi connectivity index (χ1n) is 20.0. The molecular weight excluding hydrogens is 782 g/mol. The topological polar surface area (TPSA) is 156 Å². The molecule has 2 saturated heterocycles. The number of amides is 4. The number of halogens is 1. The second-order valence-corrected chi connectivity index (χ2v) is 18.7. The van der Waals surface area contributed by atoms with Crippen LogP contribution in [0.5, 0.6) is 11.5 Å². The van der Waals surface area contributed by atoms with E-state index in [1.807, 2.05) is 74.2 Å². The van der Waals surface area contributed by atoms with Gasteiger partial charge < -0.3 is 24.6 Å². The summed E-state index contributed by atoms with van der Waals surface area (Å²) in [5.41, 5.74) is -0.129. The van der Waals surface area contributed by atoms with Gasteiger partial charge in [-0.1, -0.05) is 68.8 Å². The number of carbonyl (C=O) groups excluding carboxylic acids is 4. The van der Waals surface area contributed by atoms with E-state index in [0.29, 0.717) is 58.3 Å². The van der Waals surface area contributed by atoms with E-state index in [1.165, 1.54) is 11.0 Å². The summed E-state index contributed by atoms with van der Waals surface area (Å²) in [7, 11) is -1.83. The predicted molar refractivity (Wildman–Crippen MR) is 220 cm³/mol. The number of methoxy groups -OCH3 is 1. The Kier molecular flexibility index (Phi) is 11.6. The first-order chi connectivity index (χ1) is 27.6. The van der Waals surface area contributed by atoms with Gasteiger partial charge in [0, 0.05) is 54.9 Å². The summed E-state index contributed by atoms with van der Waals surface area (Å²) in [6, 6.07) is 15.8. The molecule has 1 aromatic heterocycles. The third-order valence-corrected chi connectivity index (χ3v) is 13.6. The third kappa shape index (κ3) is 8.27. The fourth-order valence-electron chi connectivity index (χ4n) is 8.35. The average molecular weight is 834 g/mol. The van der Waals surface area contributed by atoms with Gasteiger partial charge in [0.15, 0.2) is 0 Å². The molecule has 0 spiro atoms.